The summed E-state index contributed by atoms with van der Waals surface area (Å²) in [6.07, 6.45) is -2.86. The maximum absolute atomic E-state index is 12.3. The molecule has 7 heteroatoms. The van der Waals surface area contributed by atoms with E-state index >= 15 is 0 Å². The molecular formula is C8H4ClF2N3O. The number of carbonyl (C=O) groups is 1. The van der Waals surface area contributed by atoms with Gasteiger partial charge in [0.1, 0.15) is 17.6 Å². The van der Waals surface area contributed by atoms with E-state index in [0.717, 1.165) is 6.07 Å². The van der Waals surface area contributed by atoms with Crippen LogP contribution in [0.25, 0.3) is 0 Å². The zero-order valence-electron chi connectivity index (χ0n) is 7.17. The highest BCUT2D eigenvalue weighted by Crippen LogP contribution is 2.24. The number of rotatable bonds is 2. The Morgan fingerprint density at radius 3 is 2.67 bits per heavy atom. The number of aromatic nitrogens is 1. The van der Waals surface area contributed by atoms with E-state index in [-0.39, 0.29) is 11.1 Å². The Kier molecular flexibility index (Phi) is 3.17. The van der Waals surface area contributed by atoms with Crippen LogP contribution in [-0.2, 0) is 0 Å². The summed E-state index contributed by atoms with van der Waals surface area (Å²) in [5, 5.41) is 7.61. The monoisotopic (exact) mass is 231 g/mol. The van der Waals surface area contributed by atoms with Gasteiger partial charge in [0, 0.05) is 0 Å². The number of nitriles is 1. The van der Waals surface area contributed by atoms with E-state index in [1.807, 2.05) is 0 Å². The van der Waals surface area contributed by atoms with Crippen molar-refractivity contribution in [2.75, 3.05) is 5.73 Å². The molecule has 1 rings (SSSR count). The Bertz CT molecular complexity index is 456. The fourth-order valence-corrected chi connectivity index (χ4v) is 1.19. The number of nitrogens with zero attached hydrogens (tertiary/aromatic N) is 2. The van der Waals surface area contributed by atoms with Crippen LogP contribution < -0.4 is 5.73 Å². The van der Waals surface area contributed by atoms with Crippen LogP contribution in [0.5, 0.6) is 0 Å². The third kappa shape index (κ3) is 2.19. The first-order chi connectivity index (χ1) is 6.97. The summed E-state index contributed by atoms with van der Waals surface area (Å²) in [7, 11) is 0. The largest absolute Gasteiger partial charge is 0.383 e. The molecule has 0 radical (unpaired) electrons. The molecule has 0 saturated carbocycles. The van der Waals surface area contributed by atoms with Gasteiger partial charge in [0.2, 0.25) is 0 Å². The molecule has 0 aliphatic carbocycles. The van der Waals surface area contributed by atoms with Crippen LogP contribution in [0.3, 0.4) is 0 Å². The van der Waals surface area contributed by atoms with Crippen molar-refractivity contribution in [3.8, 4) is 6.07 Å². The van der Waals surface area contributed by atoms with E-state index in [4.69, 9.17) is 22.6 Å². The van der Waals surface area contributed by atoms with E-state index in [1.165, 1.54) is 0 Å². The first kappa shape index (κ1) is 11.3. The van der Waals surface area contributed by atoms with Gasteiger partial charge in [-0.2, -0.15) is 5.26 Å². The molecule has 78 valence electrons. The molecule has 1 aromatic rings. The van der Waals surface area contributed by atoms with Crippen LogP contribution in [0.1, 0.15) is 28.0 Å². The minimum atomic E-state index is -2.86. The standard InChI is InChI=1S/C8H4ClF2N3O/c9-6(15)5-3(2-12)1-4(7(10)11)14-8(5)13/h1,7H,(H2,13,14). The maximum atomic E-state index is 12.3. The molecule has 0 aliphatic rings. The summed E-state index contributed by atoms with van der Waals surface area (Å²) in [6.45, 7) is 0. The Hall–Kier alpha value is -1.74. The third-order valence-electron chi connectivity index (χ3n) is 1.61. The highest BCUT2D eigenvalue weighted by atomic mass is 35.5. The van der Waals surface area contributed by atoms with Gasteiger partial charge in [0.15, 0.2) is 0 Å². The van der Waals surface area contributed by atoms with Gasteiger partial charge >= 0.3 is 0 Å². The molecule has 0 unspecified atom stereocenters. The number of halogens is 3. The Morgan fingerprint density at radius 2 is 2.27 bits per heavy atom. The minimum Gasteiger partial charge on any atom is -0.383 e. The normalized spacial score (nSPS) is 10.1. The molecule has 0 fully saturated rings. The number of hydrogen-bond donors (Lipinski definition) is 1. The number of anilines is 1. The van der Waals surface area contributed by atoms with E-state index in [9.17, 15) is 13.6 Å². The summed E-state index contributed by atoms with van der Waals surface area (Å²) in [5.74, 6) is -0.468. The Morgan fingerprint density at radius 1 is 1.67 bits per heavy atom. The second kappa shape index (κ2) is 4.19. The fourth-order valence-electron chi connectivity index (χ4n) is 0.992. The first-order valence-corrected chi connectivity index (χ1v) is 4.03. The number of carbonyl (C=O) groups excluding carboxylic acids is 1. The van der Waals surface area contributed by atoms with Crippen molar-refractivity contribution in [1.82, 2.24) is 4.98 Å². The van der Waals surface area contributed by atoms with Gasteiger partial charge in [-0.15, -0.1) is 0 Å². The highest BCUT2D eigenvalue weighted by Gasteiger charge is 2.19. The lowest BCUT2D eigenvalue weighted by Crippen LogP contribution is -2.07. The van der Waals surface area contributed by atoms with E-state index in [1.54, 1.807) is 6.07 Å². The molecule has 1 heterocycles. The van der Waals surface area contributed by atoms with Crippen LogP contribution in [-0.4, -0.2) is 10.2 Å². The third-order valence-corrected chi connectivity index (χ3v) is 1.80. The number of nitrogen functional groups attached to an aromatic ring is 1. The average Bonchev–Trinajstić information content (AvgIpc) is 2.15. The van der Waals surface area contributed by atoms with E-state index in [0.29, 0.717) is 0 Å². The van der Waals surface area contributed by atoms with E-state index in [2.05, 4.69) is 4.98 Å². The molecule has 0 amide bonds. The average molecular weight is 232 g/mol. The molecule has 2 N–H and O–H groups in total. The molecule has 1 aromatic heterocycles. The molecule has 0 aliphatic heterocycles. The van der Waals surface area contributed by atoms with Gasteiger partial charge in [-0.3, -0.25) is 4.79 Å². The molecular weight excluding hydrogens is 228 g/mol. The second-order valence-corrected chi connectivity index (χ2v) is 2.88. The van der Waals surface area contributed by atoms with Crippen molar-refractivity contribution in [3.63, 3.8) is 0 Å². The first-order valence-electron chi connectivity index (χ1n) is 3.66. The van der Waals surface area contributed by atoms with Gasteiger partial charge in [-0.05, 0) is 17.7 Å². The van der Waals surface area contributed by atoms with Crippen molar-refractivity contribution in [2.45, 2.75) is 6.43 Å². The smallest absolute Gasteiger partial charge is 0.280 e. The quantitative estimate of drug-likeness (QED) is 0.788. The summed E-state index contributed by atoms with van der Waals surface area (Å²) >= 11 is 5.13. The maximum Gasteiger partial charge on any atom is 0.280 e. The van der Waals surface area contributed by atoms with Crippen molar-refractivity contribution in [1.29, 1.82) is 5.26 Å². The predicted octanol–water partition coefficient (Wildman–Crippen LogP) is 1.85. The van der Waals surface area contributed by atoms with Crippen LogP contribution in [0.4, 0.5) is 14.6 Å². The summed E-state index contributed by atoms with van der Waals surface area (Å²) in [4.78, 5) is 14.1. The Labute approximate surface area is 88.3 Å². The van der Waals surface area contributed by atoms with Gasteiger partial charge in [0.25, 0.3) is 11.7 Å². The lowest BCUT2D eigenvalue weighted by atomic mass is 10.1. The zero-order valence-corrected chi connectivity index (χ0v) is 7.92. The topological polar surface area (TPSA) is 79.8 Å². The molecule has 0 bridgehead atoms. The highest BCUT2D eigenvalue weighted by molar-refractivity contribution is 6.68. The van der Waals surface area contributed by atoms with Crippen LogP contribution in [0.2, 0.25) is 0 Å². The lowest BCUT2D eigenvalue weighted by molar-refractivity contribution is 0.108. The molecule has 0 atom stereocenters. The van der Waals surface area contributed by atoms with Gasteiger partial charge in [-0.1, -0.05) is 0 Å². The van der Waals surface area contributed by atoms with E-state index < -0.39 is 23.2 Å². The molecule has 0 saturated heterocycles. The number of nitrogens with two attached hydrogens (primary N) is 1. The summed E-state index contributed by atoms with van der Waals surface area (Å²) in [6, 6.07) is 2.34. The SMILES string of the molecule is N#Cc1cc(C(F)F)nc(N)c1C(=O)Cl. The minimum absolute atomic E-state index is 0.308. The van der Waals surface area contributed by atoms with Gasteiger partial charge < -0.3 is 5.73 Å². The van der Waals surface area contributed by atoms with Crippen molar-refractivity contribution in [2.24, 2.45) is 0 Å². The number of hydrogen-bond acceptors (Lipinski definition) is 4. The molecule has 4 nitrogen and oxygen atoms in total. The molecule has 0 aromatic carbocycles. The van der Waals surface area contributed by atoms with Crippen molar-refractivity contribution in [3.05, 3.63) is 22.9 Å². The summed E-state index contributed by atoms with van der Waals surface area (Å²) in [5.41, 5.74) is 3.92. The van der Waals surface area contributed by atoms with Crippen LogP contribution in [0, 0.1) is 11.3 Å². The fraction of sp³-hybridized carbons (Fsp3) is 0.125. The molecule has 15 heavy (non-hydrogen) atoms. The number of pyridine rings is 1. The van der Waals surface area contributed by atoms with Gasteiger partial charge in [0.05, 0.1) is 11.1 Å². The predicted molar refractivity (Wildman–Crippen MR) is 48.5 cm³/mol. The second-order valence-electron chi connectivity index (χ2n) is 2.54. The molecule has 0 spiro atoms. The summed E-state index contributed by atoms with van der Waals surface area (Å²) < 4.78 is 24.5. The Balaban J connectivity index is 3.46. The van der Waals surface area contributed by atoms with Gasteiger partial charge in [-0.25, -0.2) is 13.8 Å². The van der Waals surface area contributed by atoms with Crippen molar-refractivity contribution >= 4 is 22.7 Å². The lowest BCUT2D eigenvalue weighted by Gasteiger charge is -2.05. The van der Waals surface area contributed by atoms with Crippen LogP contribution in [0.15, 0.2) is 6.07 Å². The number of alkyl halides is 2. The zero-order chi connectivity index (χ0) is 11.6. The van der Waals surface area contributed by atoms with Crippen molar-refractivity contribution < 1.29 is 13.6 Å². The van der Waals surface area contributed by atoms with Crippen LogP contribution >= 0.6 is 11.6 Å².